The molecule has 31 heavy (non-hydrogen) atoms. The highest BCUT2D eigenvalue weighted by Crippen LogP contribution is 2.61. The van der Waals surface area contributed by atoms with E-state index in [1.54, 1.807) is 27.7 Å². The van der Waals surface area contributed by atoms with Crippen LogP contribution in [0, 0.1) is 5.92 Å². The lowest BCUT2D eigenvalue weighted by molar-refractivity contribution is -0.146. The number of unbranched alkanes of at least 4 members (excludes halogenated alkanes) is 1. The van der Waals surface area contributed by atoms with E-state index in [0.29, 0.717) is 18.7 Å². The number of hydrogen-bond acceptors (Lipinski definition) is 8. The molecule has 2 atom stereocenters. The molecule has 0 bridgehead atoms. The Morgan fingerprint density at radius 2 is 1.61 bits per heavy atom. The Hall–Kier alpha value is -2.22. The first-order valence-electron chi connectivity index (χ1n) is 10.8. The number of carbonyl (C=O) groups excluding carboxylic acids is 3. The van der Waals surface area contributed by atoms with Crippen molar-refractivity contribution in [1.29, 1.82) is 0 Å². The molecule has 0 amide bonds. The molecule has 1 fully saturated rings. The zero-order chi connectivity index (χ0) is 23.0. The van der Waals surface area contributed by atoms with Crippen LogP contribution in [0.4, 0.5) is 0 Å². The summed E-state index contributed by atoms with van der Waals surface area (Å²) in [5.41, 5.74) is -1.06. The summed E-state index contributed by atoms with van der Waals surface area (Å²) in [5.74, 6) is -2.03. The fourth-order valence-corrected chi connectivity index (χ4v) is 4.06. The van der Waals surface area contributed by atoms with Gasteiger partial charge in [-0.2, -0.15) is 0 Å². The second-order valence-electron chi connectivity index (χ2n) is 7.12. The number of alkyl halides is 1. The molecule has 174 valence electrons. The van der Waals surface area contributed by atoms with E-state index in [9.17, 15) is 14.4 Å². The van der Waals surface area contributed by atoms with Crippen LogP contribution >= 0.6 is 11.6 Å². The summed E-state index contributed by atoms with van der Waals surface area (Å²) >= 11 is 5.80. The van der Waals surface area contributed by atoms with Crippen molar-refractivity contribution in [1.82, 2.24) is 0 Å². The first-order chi connectivity index (χ1) is 14.9. The fraction of sp³-hybridized carbons (Fsp3) is 0.682. The molecule has 0 aliphatic heterocycles. The smallest absolute Gasteiger partial charge is 0.375 e. The van der Waals surface area contributed by atoms with E-state index in [4.69, 9.17) is 35.0 Å². The topological polar surface area (TPSA) is 101 Å². The lowest BCUT2D eigenvalue weighted by Gasteiger charge is -2.18. The highest BCUT2D eigenvalue weighted by Gasteiger charge is 2.66. The van der Waals surface area contributed by atoms with Crippen LogP contribution in [0.3, 0.4) is 0 Å². The van der Waals surface area contributed by atoms with Gasteiger partial charge in [-0.3, -0.25) is 4.79 Å². The zero-order valence-corrected chi connectivity index (χ0v) is 19.3. The average molecular weight is 459 g/mol. The van der Waals surface area contributed by atoms with Gasteiger partial charge in [-0.1, -0.05) is 6.42 Å². The van der Waals surface area contributed by atoms with Gasteiger partial charge in [0.15, 0.2) is 0 Å². The second-order valence-corrected chi connectivity index (χ2v) is 7.50. The molecule has 0 radical (unpaired) electrons. The number of carbonyl (C=O) groups is 3. The number of furan rings is 1. The van der Waals surface area contributed by atoms with Gasteiger partial charge in [-0.05, 0) is 52.9 Å². The third-order valence-corrected chi connectivity index (χ3v) is 5.49. The molecule has 0 aromatic carbocycles. The minimum atomic E-state index is -1.15. The number of halogens is 1. The largest absolute Gasteiger partial charge is 0.465 e. The Balaban J connectivity index is 2.66. The molecule has 0 saturated heterocycles. The second kappa shape index (κ2) is 11.4. The van der Waals surface area contributed by atoms with Crippen molar-refractivity contribution in [3.63, 3.8) is 0 Å². The summed E-state index contributed by atoms with van der Waals surface area (Å²) in [5, 5.41) is 0. The Bertz CT molecular complexity index is 787. The molecule has 2 rings (SSSR count). The predicted octanol–water partition coefficient (Wildman–Crippen LogP) is 4.26. The third-order valence-electron chi connectivity index (χ3n) is 5.22. The van der Waals surface area contributed by atoms with Gasteiger partial charge in [-0.15, -0.1) is 11.6 Å². The van der Waals surface area contributed by atoms with Gasteiger partial charge in [0, 0.05) is 5.88 Å². The molecule has 1 saturated carbocycles. The molecule has 1 aromatic heterocycles. The number of hydrogen-bond donors (Lipinski definition) is 0. The minimum absolute atomic E-state index is 0.0542. The summed E-state index contributed by atoms with van der Waals surface area (Å²) < 4.78 is 26.9. The molecule has 1 aliphatic rings. The Morgan fingerprint density at radius 3 is 2.19 bits per heavy atom. The predicted molar refractivity (Wildman–Crippen MR) is 113 cm³/mol. The van der Waals surface area contributed by atoms with Crippen molar-refractivity contribution in [2.24, 2.45) is 5.92 Å². The number of rotatable bonds is 13. The summed E-state index contributed by atoms with van der Waals surface area (Å²) in [7, 11) is 0. The Labute approximate surface area is 187 Å². The van der Waals surface area contributed by atoms with Crippen molar-refractivity contribution in [2.75, 3.05) is 32.3 Å². The third kappa shape index (κ3) is 5.17. The van der Waals surface area contributed by atoms with Crippen molar-refractivity contribution >= 4 is 29.5 Å². The van der Waals surface area contributed by atoms with Crippen LogP contribution in [-0.4, -0.2) is 50.2 Å². The normalized spacial score (nSPS) is 19.6. The highest BCUT2D eigenvalue weighted by molar-refractivity contribution is 6.17. The standard InChI is InChI=1S/C22H31ClO8/c1-5-27-18(24)15-16(20(29-7-3)31-17(15)19(25)28-6-2)22(21(26)30-8-4)13-14(22)11-9-10-12-23/h14H,5-13H2,1-4H3/t14-,22+/m0/s1. The molecule has 1 aliphatic carbocycles. The van der Waals surface area contributed by atoms with Crippen molar-refractivity contribution in [3.8, 4) is 5.95 Å². The molecule has 1 heterocycles. The van der Waals surface area contributed by atoms with Gasteiger partial charge in [0.1, 0.15) is 11.0 Å². The van der Waals surface area contributed by atoms with Crippen molar-refractivity contribution in [3.05, 3.63) is 16.9 Å². The van der Waals surface area contributed by atoms with Crippen LogP contribution in [0.1, 0.15) is 79.9 Å². The van der Waals surface area contributed by atoms with E-state index in [0.717, 1.165) is 12.8 Å². The van der Waals surface area contributed by atoms with Gasteiger partial charge in [0.2, 0.25) is 5.76 Å². The molecule has 0 spiro atoms. The van der Waals surface area contributed by atoms with Crippen molar-refractivity contribution in [2.45, 2.75) is 58.8 Å². The lowest BCUT2D eigenvalue weighted by atomic mass is 9.89. The average Bonchev–Trinajstić information content (AvgIpc) is 3.33. The zero-order valence-electron chi connectivity index (χ0n) is 18.6. The van der Waals surface area contributed by atoms with Crippen LogP contribution in [0.2, 0.25) is 0 Å². The summed E-state index contributed by atoms with van der Waals surface area (Å²) in [6.07, 6.45) is 2.78. The molecule has 9 heteroatoms. The number of ether oxygens (including phenoxy) is 4. The monoisotopic (exact) mass is 458 g/mol. The van der Waals surface area contributed by atoms with Crippen LogP contribution in [0.15, 0.2) is 4.42 Å². The molecular weight excluding hydrogens is 428 g/mol. The maximum absolute atomic E-state index is 13.2. The molecule has 0 N–H and O–H groups in total. The van der Waals surface area contributed by atoms with E-state index in [1.165, 1.54) is 0 Å². The SMILES string of the molecule is CCOC(=O)c1oc(OCC)c([C@@]2(C(=O)OCC)C[C@@H]2CCCCCl)c1C(=O)OCC. The molecule has 1 aromatic rings. The Kier molecular flexibility index (Phi) is 9.22. The first-order valence-corrected chi connectivity index (χ1v) is 11.3. The van der Waals surface area contributed by atoms with E-state index in [1.807, 2.05) is 0 Å². The van der Waals surface area contributed by atoms with E-state index < -0.39 is 23.3 Å². The lowest BCUT2D eigenvalue weighted by Crippen LogP contribution is -2.29. The Morgan fingerprint density at radius 1 is 0.968 bits per heavy atom. The first kappa shape index (κ1) is 25.0. The van der Waals surface area contributed by atoms with E-state index >= 15 is 0 Å². The minimum Gasteiger partial charge on any atom is -0.465 e. The van der Waals surface area contributed by atoms with Gasteiger partial charge < -0.3 is 23.4 Å². The van der Waals surface area contributed by atoms with E-state index in [2.05, 4.69) is 0 Å². The van der Waals surface area contributed by atoms with Gasteiger partial charge in [-0.25, -0.2) is 9.59 Å². The van der Waals surface area contributed by atoms with Crippen LogP contribution in [-0.2, 0) is 24.4 Å². The number of esters is 3. The molecule has 0 unspecified atom stereocenters. The van der Waals surface area contributed by atoms with E-state index in [-0.39, 0.29) is 55.2 Å². The summed E-state index contributed by atoms with van der Waals surface area (Å²) in [4.78, 5) is 38.6. The quantitative estimate of drug-likeness (QED) is 0.187. The van der Waals surface area contributed by atoms with Crippen molar-refractivity contribution < 1.29 is 37.7 Å². The van der Waals surface area contributed by atoms with Crippen LogP contribution in [0.5, 0.6) is 5.95 Å². The molecule has 8 nitrogen and oxygen atoms in total. The fourth-order valence-electron chi connectivity index (χ4n) is 3.87. The van der Waals surface area contributed by atoms with Crippen LogP contribution in [0.25, 0.3) is 0 Å². The van der Waals surface area contributed by atoms with Gasteiger partial charge in [0.25, 0.3) is 5.95 Å². The van der Waals surface area contributed by atoms with Crippen LogP contribution < -0.4 is 4.74 Å². The highest BCUT2D eigenvalue weighted by atomic mass is 35.5. The van der Waals surface area contributed by atoms with Gasteiger partial charge in [0.05, 0.1) is 32.0 Å². The maximum atomic E-state index is 13.2. The summed E-state index contributed by atoms with van der Waals surface area (Å²) in [6, 6.07) is 0. The maximum Gasteiger partial charge on any atom is 0.375 e. The summed E-state index contributed by atoms with van der Waals surface area (Å²) in [6.45, 7) is 7.30. The van der Waals surface area contributed by atoms with Gasteiger partial charge >= 0.3 is 17.9 Å². The molecular formula is C22H31ClO8.